The van der Waals surface area contributed by atoms with Crippen molar-refractivity contribution in [3.8, 4) is 67.8 Å². The van der Waals surface area contributed by atoms with Crippen LogP contribution in [0.15, 0.2) is 158 Å². The number of benzene rings is 9. The summed E-state index contributed by atoms with van der Waals surface area (Å²) in [5.74, 6) is 0. The van der Waals surface area contributed by atoms with Gasteiger partial charge in [-0.25, -0.2) is 0 Å². The maximum Gasteiger partial charge on any atom is 0.0991 e. The zero-order valence-electron chi connectivity index (χ0n) is 32.5. The number of fused-ring (bicyclic) bond motifs is 8. The van der Waals surface area contributed by atoms with Gasteiger partial charge >= 0.3 is 0 Å². The number of hydrogen-bond donors (Lipinski definition) is 1. The molecule has 0 aromatic heterocycles. The molecular formula is C55H37N3. The van der Waals surface area contributed by atoms with Gasteiger partial charge in [-0.3, -0.25) is 0 Å². The Kier molecular flexibility index (Phi) is 8.08. The van der Waals surface area contributed by atoms with Crippen LogP contribution in [-0.4, -0.2) is 0 Å². The Labute approximate surface area is 337 Å². The molecular weight excluding hydrogens is 703 g/mol. The summed E-state index contributed by atoms with van der Waals surface area (Å²) >= 11 is 0. The van der Waals surface area contributed by atoms with Gasteiger partial charge in [-0.2, -0.15) is 10.5 Å². The molecule has 9 aromatic rings. The lowest BCUT2D eigenvalue weighted by atomic mass is 9.84. The minimum atomic E-state index is 0.637. The summed E-state index contributed by atoms with van der Waals surface area (Å²) in [6.45, 7) is 6.16. The van der Waals surface area contributed by atoms with E-state index in [0.29, 0.717) is 16.8 Å². The van der Waals surface area contributed by atoms with Crippen molar-refractivity contribution >= 4 is 48.8 Å². The summed E-state index contributed by atoms with van der Waals surface area (Å²) < 4.78 is 0. The van der Waals surface area contributed by atoms with Gasteiger partial charge in [0, 0.05) is 5.70 Å². The number of nitrogens with zero attached hydrogens (tertiary/aromatic N) is 2. The second-order valence-electron chi connectivity index (χ2n) is 15.3. The number of aryl methyl sites for hydroxylation is 2. The third kappa shape index (κ3) is 5.33. The summed E-state index contributed by atoms with van der Waals surface area (Å²) in [7, 11) is 0. The molecule has 0 aliphatic heterocycles. The number of rotatable bonds is 5. The first-order valence-electron chi connectivity index (χ1n) is 19.6. The highest BCUT2D eigenvalue weighted by molar-refractivity contribution is 6.27. The molecule has 1 aliphatic carbocycles. The number of allylic oxidation sites excluding steroid dienone is 3. The topological polar surface area (TPSA) is 73.6 Å². The number of hydrogen-bond acceptors (Lipinski definition) is 3. The molecule has 272 valence electrons. The zero-order valence-corrected chi connectivity index (χ0v) is 32.5. The third-order valence-electron chi connectivity index (χ3n) is 12.0. The summed E-state index contributed by atoms with van der Waals surface area (Å²) in [6, 6.07) is 54.6. The summed E-state index contributed by atoms with van der Waals surface area (Å²) in [6.07, 6.45) is 5.88. The molecule has 3 nitrogen and oxygen atoms in total. The molecule has 0 amide bonds. The average Bonchev–Trinajstić information content (AvgIpc) is 3.58. The first-order chi connectivity index (χ1) is 28.4. The minimum absolute atomic E-state index is 0.637. The molecule has 0 saturated heterocycles. The van der Waals surface area contributed by atoms with Gasteiger partial charge in [-0.15, -0.1) is 0 Å². The molecule has 0 saturated carbocycles. The Morgan fingerprint density at radius 3 is 1.66 bits per heavy atom. The van der Waals surface area contributed by atoms with Crippen molar-refractivity contribution in [3.63, 3.8) is 0 Å². The Morgan fingerprint density at radius 1 is 0.466 bits per heavy atom. The average molecular weight is 740 g/mol. The fourth-order valence-electron chi connectivity index (χ4n) is 9.26. The molecule has 0 unspecified atom stereocenters. The van der Waals surface area contributed by atoms with Gasteiger partial charge in [-0.05, 0) is 197 Å². The Hall–Kier alpha value is -7.72. The Bertz CT molecular complexity index is 3390. The SMILES string of the molecule is C/C=C\C=C(/N)c1ccc2c(c1)c(-c1ccc(C#N)cc1C)cc1c3cc4c(cc3c(-c3ccc(C#N)cc3C)cc21)-c1cccc2c(-c3ccccc3)ccc-4c12. The largest absolute Gasteiger partial charge is 0.398 e. The highest BCUT2D eigenvalue weighted by Gasteiger charge is 2.26. The zero-order chi connectivity index (χ0) is 39.7. The van der Waals surface area contributed by atoms with Gasteiger partial charge in [0.2, 0.25) is 0 Å². The van der Waals surface area contributed by atoms with Crippen molar-refractivity contribution in [2.24, 2.45) is 5.73 Å². The van der Waals surface area contributed by atoms with Crippen molar-refractivity contribution in [3.05, 3.63) is 186 Å². The molecule has 9 aromatic carbocycles. The molecule has 0 fully saturated rings. The number of nitrogens with two attached hydrogens (primary N) is 1. The van der Waals surface area contributed by atoms with Crippen LogP contribution in [0.1, 0.15) is 34.7 Å². The summed E-state index contributed by atoms with van der Waals surface area (Å²) in [5, 5.41) is 28.9. The van der Waals surface area contributed by atoms with E-state index in [1.165, 1.54) is 44.2 Å². The standard InChI is InChI=1S/C55H37N3/c1-4-5-14-54(58)37-17-20-41-45(25-37)46(38-18-15-34(30-56)23-32(38)2)27-52-48(41)26-47(39-19-16-35(31-57)24-33(39)3)51-28-49-43-13-9-12-42-40(36-10-7-6-8-11-36)21-22-44(55(42)43)50(49)29-53(51)52/h4-29H,58H2,1-3H3/b5-4-,54-14-. The minimum Gasteiger partial charge on any atom is -0.398 e. The van der Waals surface area contributed by atoms with E-state index >= 15 is 0 Å². The van der Waals surface area contributed by atoms with Crippen LogP contribution in [-0.2, 0) is 0 Å². The monoisotopic (exact) mass is 739 g/mol. The van der Waals surface area contributed by atoms with E-state index in [9.17, 15) is 10.5 Å². The van der Waals surface area contributed by atoms with Crippen molar-refractivity contribution in [1.29, 1.82) is 10.5 Å². The lowest BCUT2D eigenvalue weighted by Gasteiger charge is -2.19. The first kappa shape index (κ1) is 34.7. The van der Waals surface area contributed by atoms with E-state index in [2.05, 4.69) is 141 Å². The van der Waals surface area contributed by atoms with E-state index < -0.39 is 0 Å². The lowest BCUT2D eigenvalue weighted by Crippen LogP contribution is -1.97. The maximum atomic E-state index is 9.81. The Morgan fingerprint density at radius 2 is 1.02 bits per heavy atom. The molecule has 10 rings (SSSR count). The highest BCUT2D eigenvalue weighted by atomic mass is 14.6. The predicted molar refractivity (Wildman–Crippen MR) is 243 cm³/mol. The molecule has 2 N–H and O–H groups in total. The van der Waals surface area contributed by atoms with Crippen molar-refractivity contribution in [2.75, 3.05) is 0 Å². The van der Waals surface area contributed by atoms with Crippen LogP contribution < -0.4 is 5.73 Å². The molecule has 0 bridgehead atoms. The molecule has 1 aliphatic rings. The molecule has 0 atom stereocenters. The second kappa shape index (κ2) is 13.5. The van der Waals surface area contributed by atoms with Gasteiger partial charge in [0.05, 0.1) is 23.3 Å². The van der Waals surface area contributed by atoms with E-state index in [4.69, 9.17) is 5.73 Å². The quantitative estimate of drug-likeness (QED) is 0.141. The normalized spacial score (nSPS) is 12.1. The van der Waals surface area contributed by atoms with E-state index in [0.717, 1.165) is 71.3 Å². The molecule has 3 heteroatoms. The van der Waals surface area contributed by atoms with Gasteiger partial charge in [0.1, 0.15) is 0 Å². The van der Waals surface area contributed by atoms with Gasteiger partial charge in [-0.1, -0.05) is 97.1 Å². The number of nitriles is 2. The molecule has 0 radical (unpaired) electrons. The van der Waals surface area contributed by atoms with E-state index in [-0.39, 0.29) is 0 Å². The van der Waals surface area contributed by atoms with E-state index in [1.807, 2.05) is 49.4 Å². The predicted octanol–water partition coefficient (Wildman–Crippen LogP) is 14.2. The van der Waals surface area contributed by atoms with Crippen LogP contribution >= 0.6 is 0 Å². The third-order valence-corrected chi connectivity index (χ3v) is 12.0. The van der Waals surface area contributed by atoms with Crippen LogP contribution in [0.4, 0.5) is 0 Å². The van der Waals surface area contributed by atoms with Crippen LogP contribution in [0.25, 0.3) is 104 Å². The fraction of sp³-hybridized carbons (Fsp3) is 0.0545. The first-order valence-corrected chi connectivity index (χ1v) is 19.6. The van der Waals surface area contributed by atoms with Crippen molar-refractivity contribution in [1.82, 2.24) is 0 Å². The van der Waals surface area contributed by atoms with E-state index in [1.54, 1.807) is 0 Å². The van der Waals surface area contributed by atoms with Gasteiger partial charge < -0.3 is 5.73 Å². The van der Waals surface area contributed by atoms with Crippen LogP contribution in [0.5, 0.6) is 0 Å². The van der Waals surface area contributed by atoms with Crippen molar-refractivity contribution in [2.45, 2.75) is 20.8 Å². The van der Waals surface area contributed by atoms with Crippen LogP contribution in [0.3, 0.4) is 0 Å². The lowest BCUT2D eigenvalue weighted by molar-refractivity contribution is 1.42. The van der Waals surface area contributed by atoms with Crippen molar-refractivity contribution < 1.29 is 0 Å². The van der Waals surface area contributed by atoms with Crippen LogP contribution in [0, 0.1) is 36.5 Å². The maximum absolute atomic E-state index is 9.81. The summed E-state index contributed by atoms with van der Waals surface area (Å²) in [4.78, 5) is 0. The van der Waals surface area contributed by atoms with Gasteiger partial charge in [0.25, 0.3) is 0 Å². The second-order valence-corrected chi connectivity index (χ2v) is 15.3. The fourth-order valence-corrected chi connectivity index (χ4v) is 9.26. The molecule has 58 heavy (non-hydrogen) atoms. The van der Waals surface area contributed by atoms with Crippen LogP contribution in [0.2, 0.25) is 0 Å². The molecule has 0 spiro atoms. The molecule has 0 heterocycles. The summed E-state index contributed by atoms with van der Waals surface area (Å²) in [5.41, 5.74) is 23.4. The van der Waals surface area contributed by atoms with Gasteiger partial charge in [0.15, 0.2) is 0 Å². The smallest absolute Gasteiger partial charge is 0.0991 e. The Balaban J connectivity index is 1.35. The highest BCUT2D eigenvalue weighted by Crippen LogP contribution is 2.53.